The first-order valence-corrected chi connectivity index (χ1v) is 31.7. The summed E-state index contributed by atoms with van der Waals surface area (Å²) in [6.07, 6.45) is 34.3. The van der Waals surface area contributed by atoms with E-state index in [1.54, 1.807) is 85.8 Å². The van der Waals surface area contributed by atoms with Crippen LogP contribution in [-0.2, 0) is 35.2 Å². The zero-order valence-electron chi connectivity index (χ0n) is 60.7. The zero-order valence-corrected chi connectivity index (χ0v) is 60.7. The van der Waals surface area contributed by atoms with Gasteiger partial charge in [0.25, 0.3) is 24.2 Å². The predicted molar refractivity (Wildman–Crippen MR) is 367 cm³/mol. The van der Waals surface area contributed by atoms with Crippen LogP contribution in [0.15, 0.2) is 149 Å². The summed E-state index contributed by atoms with van der Waals surface area (Å²) in [5, 5.41) is 8.20. The van der Waals surface area contributed by atoms with Gasteiger partial charge in [0.1, 0.15) is 50.4 Å². The normalized spacial score (nSPS) is 8.56. The molecule has 490 valence electrons. The van der Waals surface area contributed by atoms with Crippen molar-refractivity contribution in [3.05, 3.63) is 178 Å². The summed E-state index contributed by atoms with van der Waals surface area (Å²) in [4.78, 5) is 56.8. The van der Waals surface area contributed by atoms with Gasteiger partial charge in [0, 0.05) is 60.0 Å². The van der Waals surface area contributed by atoms with E-state index in [9.17, 15) is 0 Å². The molecule has 0 fully saturated rings. The highest BCUT2D eigenvalue weighted by molar-refractivity contribution is 5.59. The lowest BCUT2D eigenvalue weighted by atomic mass is 10.1. The number of hydrogen-bond donors (Lipinski definition) is 0. The minimum Gasteiger partial charge on any atom is -0.264 e. The Morgan fingerprint density at radius 1 is 0.278 bits per heavy atom. The molecule has 21 nitrogen and oxygen atoms in total. The Labute approximate surface area is 543 Å². The summed E-state index contributed by atoms with van der Waals surface area (Å²) < 4.78 is 9.39. The molecule has 10 rings (SSSR count). The van der Waals surface area contributed by atoms with Gasteiger partial charge < -0.3 is 0 Å². The van der Waals surface area contributed by atoms with Crippen LogP contribution in [0.1, 0.15) is 167 Å². The average Bonchev–Trinajstić information content (AvgIpc) is 2.35. The maximum atomic E-state index is 4.18. The Morgan fingerprint density at radius 3 is 1.10 bits per heavy atom. The highest BCUT2D eigenvalue weighted by Crippen LogP contribution is 2.19. The minimum atomic E-state index is 0.818. The molecule has 0 aromatic carbocycles. The van der Waals surface area contributed by atoms with Crippen molar-refractivity contribution in [3.63, 3.8) is 0 Å². The molecule has 10 aromatic rings. The van der Waals surface area contributed by atoms with E-state index in [4.69, 9.17) is 0 Å². The number of aryl methyl sites for hydroxylation is 10. The van der Waals surface area contributed by atoms with E-state index in [2.05, 4.69) is 86.9 Å². The monoisotopic (exact) mass is 1240 g/mol. The van der Waals surface area contributed by atoms with Crippen LogP contribution in [0.4, 0.5) is 0 Å². The molecular weight excluding hydrogens is 1120 g/mol. The van der Waals surface area contributed by atoms with Crippen LogP contribution in [0.2, 0.25) is 0 Å². The van der Waals surface area contributed by atoms with E-state index in [1.165, 1.54) is 30.9 Å². The molecule has 10 aromatic heterocycles. The van der Waals surface area contributed by atoms with E-state index in [-0.39, 0.29) is 0 Å². The van der Waals surface area contributed by atoms with Crippen LogP contribution < -0.4 is 23.1 Å². The smallest absolute Gasteiger partial charge is 0.264 e. The van der Waals surface area contributed by atoms with Crippen molar-refractivity contribution in [2.45, 2.75) is 173 Å². The summed E-state index contributed by atoms with van der Waals surface area (Å²) >= 11 is 0. The van der Waals surface area contributed by atoms with Crippen molar-refractivity contribution in [2.24, 2.45) is 35.2 Å². The maximum Gasteiger partial charge on any atom is 0.286 e. The first-order chi connectivity index (χ1) is 43.9. The molecule has 0 aliphatic heterocycles. The fourth-order valence-electron chi connectivity index (χ4n) is 6.59. The van der Waals surface area contributed by atoms with Crippen LogP contribution >= 0.6 is 0 Å². The van der Waals surface area contributed by atoms with Crippen LogP contribution in [0.25, 0.3) is 56.4 Å². The van der Waals surface area contributed by atoms with Gasteiger partial charge in [-0.3, -0.25) is 9.97 Å². The molecular formula is C69H114N21+5. The summed E-state index contributed by atoms with van der Waals surface area (Å²) in [7, 11) is 9.62. The van der Waals surface area contributed by atoms with Crippen LogP contribution in [-0.4, -0.2) is 80.0 Å². The first-order valence-electron chi connectivity index (χ1n) is 31.7. The van der Waals surface area contributed by atoms with Crippen molar-refractivity contribution < 1.29 is 23.1 Å². The van der Waals surface area contributed by atoms with E-state index >= 15 is 0 Å². The fourth-order valence-corrected chi connectivity index (χ4v) is 6.59. The van der Waals surface area contributed by atoms with Gasteiger partial charge in [0.05, 0.1) is 77.7 Å². The zero-order chi connectivity index (χ0) is 69.8. The Kier molecular flexibility index (Phi) is 59.7. The van der Waals surface area contributed by atoms with Gasteiger partial charge in [-0.1, -0.05) is 163 Å². The number of hydrogen-bond acceptors (Lipinski definition) is 16. The Morgan fingerprint density at radius 2 is 0.667 bits per heavy atom. The third-order valence-electron chi connectivity index (χ3n) is 10.5. The molecule has 0 radical (unpaired) electrons. The molecule has 10 heterocycles. The summed E-state index contributed by atoms with van der Waals surface area (Å²) in [5.41, 5.74) is 14.1. The van der Waals surface area contributed by atoms with Gasteiger partial charge in [-0.05, 0) is 57.4 Å². The van der Waals surface area contributed by atoms with E-state index in [1.807, 2.05) is 263 Å². The lowest BCUT2D eigenvalue weighted by Gasteiger charge is -2.03. The number of rotatable bonds is 5. The number of aromatic nitrogens is 21. The Hall–Kier alpha value is -9.27. The Balaban J connectivity index is -0.000000312. The number of pyridine rings is 1. The molecule has 0 saturated carbocycles. The minimum absolute atomic E-state index is 0.818. The van der Waals surface area contributed by atoms with Crippen molar-refractivity contribution >= 4 is 0 Å². The van der Waals surface area contributed by atoms with Gasteiger partial charge in [0.15, 0.2) is 26.6 Å². The van der Waals surface area contributed by atoms with Gasteiger partial charge >= 0.3 is 0 Å². The Bertz CT molecular complexity index is 2560. The van der Waals surface area contributed by atoms with E-state index in [0.29, 0.717) is 0 Å². The molecule has 0 aliphatic rings. The fraction of sp³-hybridized carbons (Fsp3) is 0.435. The molecule has 0 unspecified atom stereocenters. The molecule has 0 amide bonds. The third-order valence-corrected chi connectivity index (χ3v) is 10.5. The van der Waals surface area contributed by atoms with Gasteiger partial charge in [0.2, 0.25) is 17.7 Å². The first kappa shape index (κ1) is 89.5. The molecule has 0 saturated heterocycles. The second kappa shape index (κ2) is 60.0. The van der Waals surface area contributed by atoms with Gasteiger partial charge in [-0.15, -0.1) is 0 Å². The molecule has 0 bridgehead atoms. The van der Waals surface area contributed by atoms with Gasteiger partial charge in [-0.2, -0.15) is 4.57 Å². The third kappa shape index (κ3) is 32.6. The average molecular weight is 1240 g/mol. The van der Waals surface area contributed by atoms with E-state index in [0.717, 1.165) is 79.2 Å². The summed E-state index contributed by atoms with van der Waals surface area (Å²) in [6, 6.07) is 7.90. The second-order valence-corrected chi connectivity index (χ2v) is 15.3. The van der Waals surface area contributed by atoms with Crippen molar-refractivity contribution in [1.82, 2.24) is 80.0 Å². The lowest BCUT2D eigenvalue weighted by Crippen LogP contribution is -2.35. The van der Waals surface area contributed by atoms with Gasteiger partial charge in [-0.25, -0.2) is 54.0 Å². The van der Waals surface area contributed by atoms with Crippen LogP contribution in [0, 0.1) is 34.6 Å². The van der Waals surface area contributed by atoms with E-state index < -0.39 is 0 Å². The molecule has 21 heteroatoms. The highest BCUT2D eigenvalue weighted by Gasteiger charge is 2.16. The summed E-state index contributed by atoms with van der Waals surface area (Å²) in [5.74, 6) is 0.818. The highest BCUT2D eigenvalue weighted by atomic mass is 15.3. The lowest BCUT2D eigenvalue weighted by molar-refractivity contribution is -0.721. The number of nitrogens with zero attached hydrogens (tertiary/aromatic N) is 21. The van der Waals surface area contributed by atoms with Crippen LogP contribution in [0.5, 0.6) is 0 Å². The largest absolute Gasteiger partial charge is 0.286 e. The SMILES string of the molecule is CC.CC.CC.CC.CC.CC.CC.CC.CC.CC.Cc1ccncc1-c1ccnc[n+]1C.Cc1ncncc1-c1cccn[n+]1C.Cc1ncncc1-c1cncc[n+]1C.Cc1ncncc1-c1cncn[n+]1C.Cc1ncncc1-c1ncnc[n+]1C. The predicted octanol–water partition coefficient (Wildman–Crippen LogP) is 13.0. The topological polar surface area (TPSA) is 226 Å². The molecule has 0 spiro atoms. The molecule has 0 aliphatic carbocycles. The van der Waals surface area contributed by atoms with Crippen molar-refractivity contribution in [3.8, 4) is 56.4 Å². The van der Waals surface area contributed by atoms with Crippen molar-refractivity contribution in [2.75, 3.05) is 0 Å². The maximum absolute atomic E-state index is 4.18. The second-order valence-electron chi connectivity index (χ2n) is 15.3. The standard InChI is InChI=1S/C11H12N3.2C10H11N4.2C9H10N5.10C2H6/c1-9-3-5-12-7-10(9)11-4-6-13-8-14(11)2;1-8-9(5-12-7-13-8)10-6-11-3-4-14(10)2;1-8-9(6-11-7-12-8)10-4-3-5-13-14(10)2;1-7-8(3-10-4-12-7)9-13-5-11-6-14(9)2;1-7-8(3-10-5-12-7)9-4-11-6-13-14(9)2;10*1-2/h3-8H,1-2H3;2*3-7H,1-2H3;2*3-6H,1-2H3;10*1-2H3/q5*+1;;;;;;;;;;. The van der Waals surface area contributed by atoms with Crippen LogP contribution in [0.3, 0.4) is 0 Å². The molecule has 0 N–H and O–H groups in total. The van der Waals surface area contributed by atoms with Crippen molar-refractivity contribution in [1.29, 1.82) is 0 Å². The summed E-state index contributed by atoms with van der Waals surface area (Å²) in [6.45, 7) is 49.9. The molecule has 0 atom stereocenters. The quantitative estimate of drug-likeness (QED) is 0.146. The molecule has 90 heavy (non-hydrogen) atoms.